The lowest BCUT2D eigenvalue weighted by Crippen LogP contribution is -2.54. The lowest BCUT2D eigenvalue weighted by molar-refractivity contribution is -0.135. The molecule has 1 N–H and O–H groups in total. The maximum atomic E-state index is 13.9. The van der Waals surface area contributed by atoms with Gasteiger partial charge in [-0.1, -0.05) is 49.1 Å². The number of hydrogen-bond donors (Lipinski definition) is 1. The van der Waals surface area contributed by atoms with Crippen LogP contribution in [0.3, 0.4) is 0 Å². The van der Waals surface area contributed by atoms with Crippen molar-refractivity contribution in [2.24, 2.45) is 5.10 Å². The highest BCUT2D eigenvalue weighted by atomic mass is 35.5. The monoisotopic (exact) mass is 469 g/mol. The van der Waals surface area contributed by atoms with Crippen molar-refractivity contribution < 1.29 is 18.7 Å². The molecule has 1 aliphatic carbocycles. The third kappa shape index (κ3) is 3.41. The summed E-state index contributed by atoms with van der Waals surface area (Å²) >= 11 is 6.23. The average molecular weight is 470 g/mol. The second-order valence-corrected chi connectivity index (χ2v) is 9.17. The molecule has 33 heavy (non-hydrogen) atoms. The number of esters is 1. The topological polar surface area (TPSA) is 71.0 Å². The second kappa shape index (κ2) is 8.45. The quantitative estimate of drug-likeness (QED) is 0.641. The Bertz CT molecular complexity index is 1130. The molecule has 0 saturated heterocycles. The summed E-state index contributed by atoms with van der Waals surface area (Å²) in [6.45, 7) is 1.91. The van der Waals surface area contributed by atoms with E-state index in [2.05, 4.69) is 5.32 Å². The Kier molecular flexibility index (Phi) is 5.60. The van der Waals surface area contributed by atoms with E-state index in [0.29, 0.717) is 21.8 Å². The number of nitrogens with one attached hydrogen (secondary N) is 1. The first-order chi connectivity index (χ1) is 16.0. The van der Waals surface area contributed by atoms with Gasteiger partial charge in [0, 0.05) is 22.3 Å². The van der Waals surface area contributed by atoms with Crippen LogP contribution in [-0.2, 0) is 19.9 Å². The highest BCUT2D eigenvalue weighted by molar-refractivity contribution is 6.41. The van der Waals surface area contributed by atoms with Gasteiger partial charge in [-0.25, -0.2) is 9.18 Å². The summed E-state index contributed by atoms with van der Waals surface area (Å²) in [4.78, 5) is 27.0. The van der Waals surface area contributed by atoms with Gasteiger partial charge in [-0.2, -0.15) is 5.10 Å². The molecule has 0 aromatic heterocycles. The molecule has 2 aromatic rings. The van der Waals surface area contributed by atoms with Crippen molar-refractivity contribution in [3.8, 4) is 0 Å². The minimum atomic E-state index is -1.29. The number of carbonyl (C=O) groups is 2. The maximum absolute atomic E-state index is 13.9. The van der Waals surface area contributed by atoms with Crippen molar-refractivity contribution in [1.29, 1.82) is 0 Å². The Hall–Kier alpha value is -2.93. The van der Waals surface area contributed by atoms with Crippen LogP contribution in [0.1, 0.15) is 56.1 Å². The summed E-state index contributed by atoms with van der Waals surface area (Å²) in [6.07, 6.45) is 4.92. The summed E-state index contributed by atoms with van der Waals surface area (Å²) in [5.74, 6) is -2.00. The van der Waals surface area contributed by atoms with E-state index in [1.165, 1.54) is 12.1 Å². The fourth-order valence-corrected chi connectivity index (χ4v) is 5.67. The molecule has 2 aromatic carbocycles. The van der Waals surface area contributed by atoms with E-state index < -0.39 is 23.2 Å². The first kappa shape index (κ1) is 21.9. The summed E-state index contributed by atoms with van der Waals surface area (Å²) in [7, 11) is 0. The van der Waals surface area contributed by atoms with Gasteiger partial charge < -0.3 is 10.1 Å². The van der Waals surface area contributed by atoms with Crippen LogP contribution in [0.15, 0.2) is 47.6 Å². The van der Waals surface area contributed by atoms with Crippen molar-refractivity contribution in [2.45, 2.75) is 56.5 Å². The van der Waals surface area contributed by atoms with Gasteiger partial charge in [0.05, 0.1) is 12.5 Å². The van der Waals surface area contributed by atoms with E-state index in [9.17, 15) is 14.0 Å². The number of halogens is 2. The highest BCUT2D eigenvalue weighted by Crippen LogP contribution is 2.55. The zero-order valence-electron chi connectivity index (χ0n) is 18.3. The maximum Gasteiger partial charge on any atom is 0.355 e. The van der Waals surface area contributed by atoms with Gasteiger partial charge in [0.2, 0.25) is 0 Å². The molecule has 1 fully saturated rings. The number of ether oxygens (including phenoxy) is 1. The molecule has 6 nitrogen and oxygen atoms in total. The van der Waals surface area contributed by atoms with Crippen LogP contribution in [0.2, 0.25) is 5.02 Å². The van der Waals surface area contributed by atoms with Gasteiger partial charge in [0.1, 0.15) is 5.82 Å². The predicted octanol–water partition coefficient (Wildman–Crippen LogP) is 4.98. The number of benzene rings is 2. The summed E-state index contributed by atoms with van der Waals surface area (Å²) in [5, 5.41) is 10.1. The molecular weight excluding hydrogens is 445 g/mol. The molecule has 2 aliphatic heterocycles. The number of anilines is 1. The van der Waals surface area contributed by atoms with E-state index >= 15 is 0 Å². The number of hydrogen-bond acceptors (Lipinski definition) is 5. The van der Waals surface area contributed by atoms with E-state index in [0.717, 1.165) is 32.1 Å². The molecule has 0 radical (unpaired) electrons. The Morgan fingerprint density at radius 3 is 2.64 bits per heavy atom. The minimum absolute atomic E-state index is 0.0130. The molecule has 172 valence electrons. The van der Waals surface area contributed by atoms with Gasteiger partial charge in [-0.15, -0.1) is 0 Å². The van der Waals surface area contributed by atoms with E-state index in [4.69, 9.17) is 21.4 Å². The molecule has 8 heteroatoms. The number of amides is 1. The first-order valence-electron chi connectivity index (χ1n) is 11.4. The van der Waals surface area contributed by atoms with Crippen molar-refractivity contribution in [3.63, 3.8) is 0 Å². The average Bonchev–Trinajstić information content (AvgIpc) is 3.31. The molecule has 2 unspecified atom stereocenters. The standard InChI is InChI=1S/C25H25ClFN3O3/c1-2-33-23(31)22-21(15-8-11-17(27)12-9-15)25(30(29-22)18-6-4-3-5-7-18)19-13-10-16(26)14-20(19)28-24(25)32/h8-14,18,21H,2-7H2,1H3,(H,28,32). The molecule has 5 rings (SSSR count). The van der Waals surface area contributed by atoms with Crippen molar-refractivity contribution in [2.75, 3.05) is 11.9 Å². The minimum Gasteiger partial charge on any atom is -0.461 e. The lowest BCUT2D eigenvalue weighted by Gasteiger charge is -2.42. The summed E-state index contributed by atoms with van der Waals surface area (Å²) in [5.41, 5.74) is 0.800. The van der Waals surface area contributed by atoms with Crippen LogP contribution in [0.5, 0.6) is 0 Å². The van der Waals surface area contributed by atoms with Crippen LogP contribution >= 0.6 is 11.6 Å². The van der Waals surface area contributed by atoms with E-state index in [1.807, 2.05) is 11.1 Å². The van der Waals surface area contributed by atoms with Crippen molar-refractivity contribution >= 4 is 34.9 Å². The number of carbonyl (C=O) groups excluding carboxylic acids is 2. The normalized spacial score (nSPS) is 24.6. The Balaban J connectivity index is 1.76. The largest absolute Gasteiger partial charge is 0.461 e. The van der Waals surface area contributed by atoms with Crippen LogP contribution in [0.4, 0.5) is 10.1 Å². The Morgan fingerprint density at radius 1 is 1.21 bits per heavy atom. The van der Waals surface area contributed by atoms with Gasteiger partial charge in [-0.3, -0.25) is 9.80 Å². The molecular formula is C25H25ClFN3O3. The van der Waals surface area contributed by atoms with E-state index in [-0.39, 0.29) is 24.3 Å². The molecule has 3 aliphatic rings. The Morgan fingerprint density at radius 2 is 1.94 bits per heavy atom. The zero-order valence-corrected chi connectivity index (χ0v) is 19.1. The van der Waals surface area contributed by atoms with Crippen molar-refractivity contribution in [1.82, 2.24) is 5.01 Å². The fourth-order valence-electron chi connectivity index (χ4n) is 5.50. The molecule has 1 spiro atoms. The zero-order chi connectivity index (χ0) is 23.2. The number of fused-ring (bicyclic) bond motifs is 2. The molecule has 2 heterocycles. The van der Waals surface area contributed by atoms with E-state index in [1.54, 1.807) is 31.2 Å². The molecule has 1 saturated carbocycles. The molecule has 0 bridgehead atoms. The highest BCUT2D eigenvalue weighted by Gasteiger charge is 2.64. The SMILES string of the molecule is CCOC(=O)C1=NN(C2CCCCC2)C2(C(=O)Nc3cc(Cl)ccc32)C1c1ccc(F)cc1. The van der Waals surface area contributed by atoms with Gasteiger partial charge in [0.15, 0.2) is 11.3 Å². The molecule has 1 amide bonds. The summed E-state index contributed by atoms with van der Waals surface area (Å²) < 4.78 is 19.2. The number of nitrogens with zero attached hydrogens (tertiary/aromatic N) is 2. The Labute approximate surface area is 196 Å². The summed E-state index contributed by atoms with van der Waals surface area (Å²) in [6, 6.07) is 11.2. The van der Waals surface area contributed by atoms with Gasteiger partial charge in [0.25, 0.3) is 5.91 Å². The third-order valence-corrected chi connectivity index (χ3v) is 7.10. The van der Waals surface area contributed by atoms with Crippen LogP contribution in [-0.4, -0.2) is 35.2 Å². The third-order valence-electron chi connectivity index (χ3n) is 6.86. The first-order valence-corrected chi connectivity index (χ1v) is 11.8. The van der Waals surface area contributed by atoms with Gasteiger partial charge in [-0.05, 0) is 49.6 Å². The predicted molar refractivity (Wildman–Crippen MR) is 124 cm³/mol. The van der Waals surface area contributed by atoms with Gasteiger partial charge >= 0.3 is 5.97 Å². The van der Waals surface area contributed by atoms with Crippen molar-refractivity contribution in [3.05, 3.63) is 64.4 Å². The smallest absolute Gasteiger partial charge is 0.355 e. The fraction of sp³-hybridized carbons (Fsp3) is 0.400. The molecule has 2 atom stereocenters. The van der Waals surface area contributed by atoms with Crippen LogP contribution in [0, 0.1) is 5.82 Å². The van der Waals surface area contributed by atoms with Crippen LogP contribution in [0.25, 0.3) is 0 Å². The number of rotatable bonds is 4. The number of hydrazone groups is 1. The second-order valence-electron chi connectivity index (χ2n) is 8.74. The lowest BCUT2D eigenvalue weighted by atomic mass is 9.72. The van der Waals surface area contributed by atoms with Crippen LogP contribution < -0.4 is 5.32 Å².